The van der Waals surface area contributed by atoms with Gasteiger partial charge in [0.15, 0.2) is 5.84 Å². The number of oxime groups is 1. The van der Waals surface area contributed by atoms with Crippen LogP contribution in [0.25, 0.3) is 0 Å². The van der Waals surface area contributed by atoms with Crippen LogP contribution in [0.5, 0.6) is 0 Å². The van der Waals surface area contributed by atoms with Crippen molar-refractivity contribution in [2.75, 3.05) is 13.6 Å². The van der Waals surface area contributed by atoms with Gasteiger partial charge in [-0.25, -0.2) is 0 Å². The van der Waals surface area contributed by atoms with Gasteiger partial charge in [-0.2, -0.15) is 0 Å². The van der Waals surface area contributed by atoms with Gasteiger partial charge >= 0.3 is 0 Å². The van der Waals surface area contributed by atoms with Gasteiger partial charge in [-0.3, -0.25) is 4.90 Å². The molecule has 0 bridgehead atoms. The summed E-state index contributed by atoms with van der Waals surface area (Å²) in [5, 5.41) is 21.3. The second-order valence-corrected chi connectivity index (χ2v) is 4.74. The van der Waals surface area contributed by atoms with E-state index in [9.17, 15) is 5.11 Å². The van der Waals surface area contributed by atoms with Crippen LogP contribution in [0.2, 0.25) is 5.02 Å². The van der Waals surface area contributed by atoms with E-state index in [1.54, 1.807) is 19.1 Å². The van der Waals surface area contributed by atoms with Crippen molar-refractivity contribution in [2.24, 2.45) is 10.9 Å². The normalized spacial score (nSPS) is 13.9. The molecule has 100 valence electrons. The summed E-state index contributed by atoms with van der Waals surface area (Å²) in [6.07, 6.45) is -0.384. The van der Waals surface area contributed by atoms with Gasteiger partial charge < -0.3 is 16.0 Å². The van der Waals surface area contributed by atoms with Crippen LogP contribution in [-0.2, 0) is 6.54 Å². The minimum atomic E-state index is -0.384. The number of aliphatic hydroxyl groups excluding tert-OH is 1. The summed E-state index contributed by atoms with van der Waals surface area (Å²) in [6.45, 7) is 2.93. The van der Waals surface area contributed by atoms with Crippen molar-refractivity contribution in [1.29, 1.82) is 0 Å². The summed E-state index contributed by atoms with van der Waals surface area (Å²) in [4.78, 5) is 1.97. The zero-order chi connectivity index (χ0) is 13.7. The number of hydrogen-bond acceptors (Lipinski definition) is 4. The first kappa shape index (κ1) is 14.8. The molecule has 0 spiro atoms. The molecular formula is C12H18ClN3O2. The monoisotopic (exact) mass is 271 g/mol. The summed E-state index contributed by atoms with van der Waals surface area (Å²) in [7, 11) is 1.90. The molecule has 0 heterocycles. The molecule has 1 atom stereocenters. The fraction of sp³-hybridized carbons (Fsp3) is 0.417. The van der Waals surface area contributed by atoms with Gasteiger partial charge in [0, 0.05) is 23.7 Å². The van der Waals surface area contributed by atoms with Crippen LogP contribution in [0.15, 0.2) is 23.4 Å². The quantitative estimate of drug-likeness (QED) is 0.326. The summed E-state index contributed by atoms with van der Waals surface area (Å²) in [6, 6.07) is 5.23. The molecule has 0 aliphatic carbocycles. The van der Waals surface area contributed by atoms with Gasteiger partial charge in [-0.15, -0.1) is 0 Å². The predicted molar refractivity (Wildman–Crippen MR) is 72.0 cm³/mol. The second-order valence-electron chi connectivity index (χ2n) is 4.34. The molecule has 4 N–H and O–H groups in total. The summed E-state index contributed by atoms with van der Waals surface area (Å²) >= 11 is 6.13. The number of benzene rings is 1. The number of hydrogen-bond donors (Lipinski definition) is 3. The van der Waals surface area contributed by atoms with Gasteiger partial charge in [0.1, 0.15) is 0 Å². The van der Waals surface area contributed by atoms with Crippen LogP contribution in [-0.4, -0.2) is 40.7 Å². The molecule has 0 saturated heterocycles. The maximum absolute atomic E-state index is 9.28. The SMILES string of the molecule is CC(O)CN(C)Cc1ccc(/C(N)=N/O)cc1Cl. The molecule has 18 heavy (non-hydrogen) atoms. The van der Waals surface area contributed by atoms with E-state index in [-0.39, 0.29) is 11.9 Å². The number of nitrogens with two attached hydrogens (primary N) is 1. The first-order chi connectivity index (χ1) is 8.43. The van der Waals surface area contributed by atoms with E-state index in [0.717, 1.165) is 5.56 Å². The molecule has 0 aromatic heterocycles. The van der Waals surface area contributed by atoms with Gasteiger partial charge in [-0.05, 0) is 25.6 Å². The van der Waals surface area contributed by atoms with Crippen molar-refractivity contribution in [3.8, 4) is 0 Å². The lowest BCUT2D eigenvalue weighted by Crippen LogP contribution is -2.26. The van der Waals surface area contributed by atoms with E-state index < -0.39 is 0 Å². The third-order valence-corrected chi connectivity index (χ3v) is 2.82. The van der Waals surface area contributed by atoms with Crippen molar-refractivity contribution in [1.82, 2.24) is 4.90 Å². The molecule has 0 aliphatic heterocycles. The van der Waals surface area contributed by atoms with Gasteiger partial charge in [0.25, 0.3) is 0 Å². The fourth-order valence-electron chi connectivity index (χ4n) is 1.70. The lowest BCUT2D eigenvalue weighted by molar-refractivity contribution is 0.138. The number of rotatable bonds is 5. The number of nitrogens with zero attached hydrogens (tertiary/aromatic N) is 2. The van der Waals surface area contributed by atoms with Crippen LogP contribution in [0.4, 0.5) is 0 Å². The Labute approximate surface area is 111 Å². The van der Waals surface area contributed by atoms with Gasteiger partial charge in [0.05, 0.1) is 6.10 Å². The smallest absolute Gasteiger partial charge is 0.170 e. The molecule has 1 unspecified atom stereocenters. The van der Waals surface area contributed by atoms with E-state index in [1.165, 1.54) is 0 Å². The zero-order valence-electron chi connectivity index (χ0n) is 10.5. The molecular weight excluding hydrogens is 254 g/mol. The molecule has 0 aliphatic rings. The number of likely N-dealkylation sites (N-methyl/N-ethyl adjacent to an activating group) is 1. The lowest BCUT2D eigenvalue weighted by atomic mass is 10.1. The van der Waals surface area contributed by atoms with Crippen molar-refractivity contribution in [3.05, 3.63) is 34.3 Å². The first-order valence-electron chi connectivity index (χ1n) is 5.57. The Morgan fingerprint density at radius 3 is 2.72 bits per heavy atom. The maximum Gasteiger partial charge on any atom is 0.170 e. The van der Waals surface area contributed by atoms with Gasteiger partial charge in [0.2, 0.25) is 0 Å². The molecule has 1 aromatic rings. The molecule has 0 amide bonds. The molecule has 0 fully saturated rings. The highest BCUT2D eigenvalue weighted by Crippen LogP contribution is 2.19. The Morgan fingerprint density at radius 2 is 2.22 bits per heavy atom. The Morgan fingerprint density at radius 1 is 1.56 bits per heavy atom. The zero-order valence-corrected chi connectivity index (χ0v) is 11.2. The highest BCUT2D eigenvalue weighted by molar-refractivity contribution is 6.31. The van der Waals surface area contributed by atoms with Crippen LogP contribution in [0.3, 0.4) is 0 Å². The molecule has 1 aromatic carbocycles. The Bertz CT molecular complexity index is 435. The fourth-order valence-corrected chi connectivity index (χ4v) is 1.94. The van der Waals surface area contributed by atoms with E-state index in [0.29, 0.717) is 23.7 Å². The van der Waals surface area contributed by atoms with E-state index >= 15 is 0 Å². The van der Waals surface area contributed by atoms with Crippen molar-refractivity contribution < 1.29 is 10.3 Å². The molecule has 0 radical (unpaired) electrons. The average molecular weight is 272 g/mol. The first-order valence-corrected chi connectivity index (χ1v) is 5.94. The number of amidine groups is 1. The Kier molecular flexibility index (Phi) is 5.40. The molecule has 5 nitrogen and oxygen atoms in total. The largest absolute Gasteiger partial charge is 0.409 e. The Balaban J connectivity index is 2.80. The maximum atomic E-state index is 9.28. The second kappa shape index (κ2) is 6.58. The van der Waals surface area contributed by atoms with Crippen molar-refractivity contribution >= 4 is 17.4 Å². The van der Waals surface area contributed by atoms with E-state index in [1.807, 2.05) is 18.0 Å². The summed E-state index contributed by atoms with van der Waals surface area (Å²) < 4.78 is 0. The van der Waals surface area contributed by atoms with Crippen LogP contribution in [0, 0.1) is 0 Å². The minimum Gasteiger partial charge on any atom is -0.409 e. The van der Waals surface area contributed by atoms with Crippen molar-refractivity contribution in [2.45, 2.75) is 19.6 Å². The van der Waals surface area contributed by atoms with Crippen molar-refractivity contribution in [3.63, 3.8) is 0 Å². The molecule has 1 rings (SSSR count). The highest BCUT2D eigenvalue weighted by atomic mass is 35.5. The third-order valence-electron chi connectivity index (χ3n) is 2.47. The van der Waals surface area contributed by atoms with Crippen LogP contribution in [0.1, 0.15) is 18.1 Å². The summed E-state index contributed by atoms with van der Waals surface area (Å²) in [5.74, 6) is 0.0285. The van der Waals surface area contributed by atoms with Crippen LogP contribution < -0.4 is 5.73 Å². The molecule has 6 heteroatoms. The minimum absolute atomic E-state index is 0.0285. The number of aliphatic hydroxyl groups is 1. The van der Waals surface area contributed by atoms with E-state index in [4.69, 9.17) is 22.5 Å². The summed E-state index contributed by atoms with van der Waals surface area (Å²) in [5.41, 5.74) is 6.98. The van der Waals surface area contributed by atoms with Crippen LogP contribution >= 0.6 is 11.6 Å². The standard InChI is InChI=1S/C12H18ClN3O2/c1-8(17)6-16(2)7-10-4-3-9(5-11(10)13)12(14)15-18/h3-5,8,17-18H,6-7H2,1-2H3,(H2,14,15). The lowest BCUT2D eigenvalue weighted by Gasteiger charge is -2.19. The Hall–Kier alpha value is -1.30. The van der Waals surface area contributed by atoms with E-state index in [2.05, 4.69) is 5.16 Å². The predicted octanol–water partition coefficient (Wildman–Crippen LogP) is 1.25. The highest BCUT2D eigenvalue weighted by Gasteiger charge is 2.09. The topological polar surface area (TPSA) is 82.1 Å². The molecule has 0 saturated carbocycles. The third kappa shape index (κ3) is 4.18. The number of halogens is 1. The average Bonchev–Trinajstić information content (AvgIpc) is 2.29. The van der Waals surface area contributed by atoms with Gasteiger partial charge in [-0.1, -0.05) is 28.9 Å².